The Morgan fingerprint density at radius 2 is 1.95 bits per heavy atom. The quantitative estimate of drug-likeness (QED) is 0.633. The number of hydrogen-bond donors (Lipinski definition) is 0. The van der Waals surface area contributed by atoms with Crippen molar-refractivity contribution in [3.05, 3.63) is 29.0 Å². The number of rotatable bonds is 4. The van der Waals surface area contributed by atoms with Crippen LogP contribution in [-0.4, -0.2) is 26.7 Å². The molecule has 1 aromatic carbocycles. The number of esters is 1. The first kappa shape index (κ1) is 15.9. The van der Waals surface area contributed by atoms with Crippen molar-refractivity contribution in [1.82, 2.24) is 0 Å². The van der Waals surface area contributed by atoms with Crippen LogP contribution in [0.15, 0.2) is 23.1 Å². The van der Waals surface area contributed by atoms with Gasteiger partial charge in [-0.05, 0) is 25.1 Å². The van der Waals surface area contributed by atoms with Gasteiger partial charge < -0.3 is 4.74 Å². The summed E-state index contributed by atoms with van der Waals surface area (Å²) in [6.45, 7) is 2.85. The summed E-state index contributed by atoms with van der Waals surface area (Å²) in [5.74, 6) is -2.16. The molecule has 4 nitrogen and oxygen atoms in total. The maximum atomic E-state index is 13.0. The molecule has 0 saturated heterocycles. The lowest BCUT2D eigenvalue weighted by molar-refractivity contribution is -0.144. The first-order valence-corrected chi connectivity index (χ1v) is 7.41. The molecule has 0 fully saturated rings. The van der Waals surface area contributed by atoms with Crippen molar-refractivity contribution in [2.45, 2.75) is 24.0 Å². The Hall–Kier alpha value is -1.14. The highest BCUT2D eigenvalue weighted by atomic mass is 35.5. The van der Waals surface area contributed by atoms with Crippen LogP contribution in [0.3, 0.4) is 0 Å². The lowest BCUT2D eigenvalue weighted by Gasteiger charge is -2.18. The van der Waals surface area contributed by atoms with Crippen LogP contribution in [0.4, 0.5) is 4.39 Å². The summed E-state index contributed by atoms with van der Waals surface area (Å²) in [6, 6.07) is 3.13. The van der Waals surface area contributed by atoms with Crippen LogP contribution in [0.1, 0.15) is 13.8 Å². The minimum Gasteiger partial charge on any atom is -0.469 e. The first-order chi connectivity index (χ1) is 8.71. The number of benzene rings is 1. The molecule has 0 spiro atoms. The third-order valence-corrected chi connectivity index (χ3v) is 5.57. The maximum Gasteiger partial charge on any atom is 0.309 e. The number of carbonyl (C=O) groups excluding carboxylic acids is 1. The number of halogens is 2. The van der Waals surface area contributed by atoms with Gasteiger partial charge in [0.1, 0.15) is 5.82 Å². The van der Waals surface area contributed by atoms with E-state index in [-0.39, 0.29) is 9.92 Å². The summed E-state index contributed by atoms with van der Waals surface area (Å²) < 4.78 is 42.1. The van der Waals surface area contributed by atoms with E-state index < -0.39 is 32.8 Å². The Labute approximate surface area is 116 Å². The molecular formula is C12H14ClFO4S. The van der Waals surface area contributed by atoms with Crippen LogP contribution in [0.2, 0.25) is 5.02 Å². The highest BCUT2D eigenvalue weighted by Gasteiger charge is 2.33. The van der Waals surface area contributed by atoms with Gasteiger partial charge in [0.05, 0.1) is 28.2 Å². The van der Waals surface area contributed by atoms with Gasteiger partial charge in [-0.25, -0.2) is 12.8 Å². The van der Waals surface area contributed by atoms with Gasteiger partial charge in [-0.1, -0.05) is 18.5 Å². The zero-order valence-electron chi connectivity index (χ0n) is 10.7. The summed E-state index contributed by atoms with van der Waals surface area (Å²) in [7, 11) is -2.60. The van der Waals surface area contributed by atoms with E-state index in [1.807, 2.05) is 0 Å². The van der Waals surface area contributed by atoms with Gasteiger partial charge in [-0.2, -0.15) is 0 Å². The standard InChI is InChI=1S/C12H14ClFO4S/c1-7(12(15)18-3)8(2)19(16,17)9-4-5-11(14)10(13)6-9/h4-8H,1-3H3. The molecule has 0 aliphatic rings. The van der Waals surface area contributed by atoms with Crippen LogP contribution < -0.4 is 0 Å². The fourth-order valence-corrected chi connectivity index (χ4v) is 3.38. The molecule has 0 saturated carbocycles. The third-order valence-electron chi connectivity index (χ3n) is 2.99. The molecule has 0 aliphatic carbocycles. The lowest BCUT2D eigenvalue weighted by Crippen LogP contribution is -2.31. The molecule has 0 aromatic heterocycles. The molecule has 1 rings (SSSR count). The van der Waals surface area contributed by atoms with E-state index in [9.17, 15) is 17.6 Å². The van der Waals surface area contributed by atoms with E-state index >= 15 is 0 Å². The van der Waals surface area contributed by atoms with E-state index in [1.54, 1.807) is 0 Å². The van der Waals surface area contributed by atoms with Crippen LogP contribution in [0, 0.1) is 11.7 Å². The Bertz CT molecular complexity index is 585. The number of carbonyl (C=O) groups is 1. The van der Waals surface area contributed by atoms with Crippen LogP contribution in [0.5, 0.6) is 0 Å². The van der Waals surface area contributed by atoms with Crippen LogP contribution in [0.25, 0.3) is 0 Å². The van der Waals surface area contributed by atoms with Gasteiger partial charge in [-0.15, -0.1) is 0 Å². The van der Waals surface area contributed by atoms with Crippen molar-refractivity contribution in [3.63, 3.8) is 0 Å². The van der Waals surface area contributed by atoms with E-state index in [0.29, 0.717) is 0 Å². The van der Waals surface area contributed by atoms with Crippen molar-refractivity contribution >= 4 is 27.4 Å². The number of hydrogen-bond acceptors (Lipinski definition) is 4. The summed E-state index contributed by atoms with van der Waals surface area (Å²) in [5.41, 5.74) is 0. The summed E-state index contributed by atoms with van der Waals surface area (Å²) in [5, 5.41) is -1.28. The monoisotopic (exact) mass is 308 g/mol. The number of methoxy groups -OCH3 is 1. The molecule has 1 aromatic rings. The SMILES string of the molecule is COC(=O)C(C)C(C)S(=O)(=O)c1ccc(F)c(Cl)c1. The maximum absolute atomic E-state index is 13.0. The fraction of sp³-hybridized carbons (Fsp3) is 0.417. The van der Waals surface area contributed by atoms with Gasteiger partial charge >= 0.3 is 5.97 Å². The third kappa shape index (κ3) is 3.25. The Morgan fingerprint density at radius 3 is 2.42 bits per heavy atom. The summed E-state index contributed by atoms with van der Waals surface area (Å²) in [4.78, 5) is 11.3. The van der Waals surface area contributed by atoms with Crippen LogP contribution >= 0.6 is 11.6 Å². The predicted octanol–water partition coefficient (Wildman–Crippen LogP) is 2.45. The van der Waals surface area contributed by atoms with Gasteiger partial charge in [0.15, 0.2) is 9.84 Å². The minimum absolute atomic E-state index is 0.123. The molecule has 2 unspecified atom stereocenters. The Morgan fingerprint density at radius 1 is 1.37 bits per heavy atom. The number of ether oxygens (including phenoxy) is 1. The van der Waals surface area contributed by atoms with Crippen molar-refractivity contribution in [2.24, 2.45) is 5.92 Å². The largest absolute Gasteiger partial charge is 0.469 e. The fourth-order valence-electron chi connectivity index (χ4n) is 1.51. The molecule has 0 aliphatic heterocycles. The van der Waals surface area contributed by atoms with Gasteiger partial charge in [0.2, 0.25) is 0 Å². The van der Waals surface area contributed by atoms with E-state index in [2.05, 4.69) is 4.74 Å². The molecule has 0 amide bonds. The average Bonchev–Trinajstić information content (AvgIpc) is 2.38. The topological polar surface area (TPSA) is 60.4 Å². The molecular weight excluding hydrogens is 295 g/mol. The van der Waals surface area contributed by atoms with Gasteiger partial charge in [-0.3, -0.25) is 4.79 Å². The molecule has 0 N–H and O–H groups in total. The lowest BCUT2D eigenvalue weighted by atomic mass is 10.1. The highest BCUT2D eigenvalue weighted by molar-refractivity contribution is 7.92. The van der Waals surface area contributed by atoms with Gasteiger partial charge in [0, 0.05) is 0 Å². The zero-order chi connectivity index (χ0) is 14.8. The predicted molar refractivity (Wildman–Crippen MR) is 69.2 cm³/mol. The minimum atomic E-state index is -3.78. The molecule has 2 atom stereocenters. The Balaban J connectivity index is 3.16. The van der Waals surface area contributed by atoms with Crippen LogP contribution in [-0.2, 0) is 19.4 Å². The highest BCUT2D eigenvalue weighted by Crippen LogP contribution is 2.25. The number of sulfone groups is 1. The molecule has 0 bridgehead atoms. The second-order valence-electron chi connectivity index (χ2n) is 4.14. The summed E-state index contributed by atoms with van der Waals surface area (Å²) >= 11 is 5.56. The normalized spacial score (nSPS) is 14.8. The summed E-state index contributed by atoms with van der Waals surface area (Å²) in [6.07, 6.45) is 0. The van der Waals surface area contributed by atoms with Gasteiger partial charge in [0.25, 0.3) is 0 Å². The van der Waals surface area contributed by atoms with Crippen molar-refractivity contribution in [2.75, 3.05) is 7.11 Å². The second kappa shape index (κ2) is 5.88. The van der Waals surface area contributed by atoms with E-state index in [1.165, 1.54) is 21.0 Å². The molecule has 19 heavy (non-hydrogen) atoms. The van der Waals surface area contributed by atoms with Crippen molar-refractivity contribution in [3.8, 4) is 0 Å². The Kier molecular flexibility index (Phi) is 4.92. The molecule has 0 radical (unpaired) electrons. The first-order valence-electron chi connectivity index (χ1n) is 5.48. The molecule has 106 valence electrons. The van der Waals surface area contributed by atoms with Crippen molar-refractivity contribution in [1.29, 1.82) is 0 Å². The smallest absolute Gasteiger partial charge is 0.309 e. The average molecular weight is 309 g/mol. The zero-order valence-corrected chi connectivity index (χ0v) is 12.3. The van der Waals surface area contributed by atoms with Crippen molar-refractivity contribution < 1.29 is 22.3 Å². The second-order valence-corrected chi connectivity index (χ2v) is 6.85. The molecule has 7 heteroatoms. The van der Waals surface area contributed by atoms with E-state index in [4.69, 9.17) is 11.6 Å². The molecule has 0 heterocycles. The van der Waals surface area contributed by atoms with E-state index in [0.717, 1.165) is 18.2 Å².